The van der Waals surface area contributed by atoms with Gasteiger partial charge >= 0.3 is 5.97 Å². The summed E-state index contributed by atoms with van der Waals surface area (Å²) in [5.41, 5.74) is 5.09. The van der Waals surface area contributed by atoms with Gasteiger partial charge in [0.15, 0.2) is 11.5 Å². The van der Waals surface area contributed by atoms with Crippen molar-refractivity contribution in [3.63, 3.8) is 0 Å². The van der Waals surface area contributed by atoms with Crippen molar-refractivity contribution in [2.45, 2.75) is 6.92 Å². The van der Waals surface area contributed by atoms with E-state index in [9.17, 15) is 24.5 Å². The van der Waals surface area contributed by atoms with Crippen LogP contribution in [0.2, 0.25) is 0 Å². The van der Waals surface area contributed by atoms with Crippen LogP contribution in [-0.4, -0.2) is 36.0 Å². The van der Waals surface area contributed by atoms with E-state index < -0.39 is 22.7 Å². The largest absolute Gasteiger partial charge is 0.493 e. The maximum absolute atomic E-state index is 12.6. The van der Waals surface area contributed by atoms with E-state index in [0.717, 1.165) is 5.56 Å². The molecule has 41 heavy (non-hydrogen) atoms. The third kappa shape index (κ3) is 7.39. The molecule has 0 aliphatic carbocycles. The van der Waals surface area contributed by atoms with Crippen LogP contribution in [0.1, 0.15) is 42.2 Å². The number of ether oxygens (including phenoxy) is 2. The summed E-state index contributed by atoms with van der Waals surface area (Å²) in [4.78, 5) is 47.8. The van der Waals surface area contributed by atoms with Crippen LogP contribution in [0.4, 0.5) is 11.4 Å². The Morgan fingerprint density at radius 1 is 0.829 bits per heavy atom. The molecule has 0 radical (unpaired) electrons. The number of aryl methyl sites for hydroxylation is 1. The number of hydrazone groups is 1. The summed E-state index contributed by atoms with van der Waals surface area (Å²) in [7, 11) is 1.44. The van der Waals surface area contributed by atoms with Crippen molar-refractivity contribution in [2.75, 3.05) is 12.4 Å². The Hall–Kier alpha value is -5.84. The average molecular weight is 553 g/mol. The first-order valence-electron chi connectivity index (χ1n) is 12.2. The lowest BCUT2D eigenvalue weighted by atomic mass is 10.1. The Morgan fingerprint density at radius 2 is 1.54 bits per heavy atom. The standard InChI is InChI=1S/C30H24N4O7/c1-19-6-9-22(10-7-19)30(37)41-26-15-8-20(16-27(26)40-2)18-31-33-29(36)23-4-3-5-24(17-23)32-28(35)21-11-13-25(14-12-21)34(38)39/h3-18H,1-2H3,(H,32,35)(H,33,36). The van der Waals surface area contributed by atoms with Gasteiger partial charge < -0.3 is 14.8 Å². The maximum Gasteiger partial charge on any atom is 0.343 e. The summed E-state index contributed by atoms with van der Waals surface area (Å²) in [5, 5.41) is 17.4. The number of nitro benzene ring substituents is 1. The predicted molar refractivity (Wildman–Crippen MR) is 152 cm³/mol. The molecule has 0 unspecified atom stereocenters. The molecule has 0 bridgehead atoms. The molecule has 206 valence electrons. The smallest absolute Gasteiger partial charge is 0.343 e. The van der Waals surface area contributed by atoms with E-state index in [2.05, 4.69) is 15.8 Å². The first kappa shape index (κ1) is 28.2. The van der Waals surface area contributed by atoms with Gasteiger partial charge in [0, 0.05) is 28.9 Å². The zero-order valence-corrected chi connectivity index (χ0v) is 22.0. The molecule has 0 saturated carbocycles. The number of esters is 1. The summed E-state index contributed by atoms with van der Waals surface area (Å²) in [5.74, 6) is -1.01. The van der Waals surface area contributed by atoms with Crippen molar-refractivity contribution >= 4 is 35.4 Å². The predicted octanol–water partition coefficient (Wildman–Crippen LogP) is 5.15. The number of nitro groups is 1. The highest BCUT2D eigenvalue weighted by Gasteiger charge is 2.14. The van der Waals surface area contributed by atoms with Gasteiger partial charge in [0.25, 0.3) is 17.5 Å². The molecule has 0 aliphatic heterocycles. The monoisotopic (exact) mass is 552 g/mol. The second kappa shape index (κ2) is 12.8. The Labute approximate surface area is 234 Å². The number of nitrogens with zero attached hydrogens (tertiary/aromatic N) is 2. The van der Waals surface area contributed by atoms with Crippen molar-refractivity contribution in [1.29, 1.82) is 0 Å². The SMILES string of the molecule is COc1cc(C=NNC(=O)c2cccc(NC(=O)c3ccc([N+](=O)[O-])cc3)c2)ccc1OC(=O)c1ccc(C)cc1. The minimum absolute atomic E-state index is 0.128. The van der Waals surface area contributed by atoms with Crippen molar-refractivity contribution < 1.29 is 28.8 Å². The number of anilines is 1. The van der Waals surface area contributed by atoms with E-state index in [4.69, 9.17) is 9.47 Å². The molecule has 4 aromatic rings. The van der Waals surface area contributed by atoms with E-state index in [1.807, 2.05) is 19.1 Å². The Morgan fingerprint density at radius 3 is 2.22 bits per heavy atom. The van der Waals surface area contributed by atoms with Crippen LogP contribution in [0.25, 0.3) is 0 Å². The molecule has 11 nitrogen and oxygen atoms in total. The molecular weight excluding hydrogens is 528 g/mol. The minimum Gasteiger partial charge on any atom is -0.493 e. The molecule has 0 fully saturated rings. The maximum atomic E-state index is 12.6. The zero-order chi connectivity index (χ0) is 29.4. The number of carbonyl (C=O) groups excluding carboxylic acids is 3. The highest BCUT2D eigenvalue weighted by Crippen LogP contribution is 2.28. The average Bonchev–Trinajstić information content (AvgIpc) is 2.98. The van der Waals surface area contributed by atoms with Crippen LogP contribution < -0.4 is 20.2 Å². The van der Waals surface area contributed by atoms with Gasteiger partial charge in [-0.05, 0) is 73.2 Å². The zero-order valence-electron chi connectivity index (χ0n) is 22.0. The van der Waals surface area contributed by atoms with Crippen molar-refractivity contribution in [3.8, 4) is 11.5 Å². The highest BCUT2D eigenvalue weighted by atomic mass is 16.6. The fourth-order valence-electron chi connectivity index (χ4n) is 3.60. The van der Waals surface area contributed by atoms with Crippen LogP contribution in [0, 0.1) is 17.0 Å². The summed E-state index contributed by atoms with van der Waals surface area (Å²) >= 11 is 0. The molecule has 0 aromatic heterocycles. The van der Waals surface area contributed by atoms with Gasteiger partial charge in [-0.25, -0.2) is 10.2 Å². The van der Waals surface area contributed by atoms with Gasteiger partial charge in [0.05, 0.1) is 23.8 Å². The van der Waals surface area contributed by atoms with Gasteiger partial charge in [0.1, 0.15) is 0 Å². The molecule has 11 heteroatoms. The van der Waals surface area contributed by atoms with Crippen LogP contribution in [0.3, 0.4) is 0 Å². The molecule has 0 aliphatic rings. The summed E-state index contributed by atoms with van der Waals surface area (Å²) in [6.45, 7) is 1.92. The number of benzene rings is 4. The van der Waals surface area contributed by atoms with Gasteiger partial charge in [-0.3, -0.25) is 19.7 Å². The Kier molecular flexibility index (Phi) is 8.80. The number of methoxy groups -OCH3 is 1. The van der Waals surface area contributed by atoms with E-state index in [1.165, 1.54) is 43.7 Å². The topological polar surface area (TPSA) is 149 Å². The van der Waals surface area contributed by atoms with Gasteiger partial charge in [-0.2, -0.15) is 5.10 Å². The number of amides is 2. The second-order valence-corrected chi connectivity index (χ2v) is 8.70. The molecular formula is C30H24N4O7. The lowest BCUT2D eigenvalue weighted by Gasteiger charge is -2.10. The van der Waals surface area contributed by atoms with Crippen LogP contribution in [0.15, 0.2) is 96.1 Å². The molecule has 4 aromatic carbocycles. The van der Waals surface area contributed by atoms with E-state index in [1.54, 1.807) is 48.5 Å². The lowest BCUT2D eigenvalue weighted by Crippen LogP contribution is -2.18. The Balaban J connectivity index is 1.36. The highest BCUT2D eigenvalue weighted by molar-refractivity contribution is 6.05. The van der Waals surface area contributed by atoms with Gasteiger partial charge in [-0.15, -0.1) is 0 Å². The Bertz CT molecular complexity index is 1630. The molecule has 0 saturated heterocycles. The van der Waals surface area contributed by atoms with Crippen LogP contribution in [0.5, 0.6) is 11.5 Å². The first-order chi connectivity index (χ1) is 19.7. The number of non-ortho nitro benzene ring substituents is 1. The van der Waals surface area contributed by atoms with E-state index >= 15 is 0 Å². The lowest BCUT2D eigenvalue weighted by molar-refractivity contribution is -0.384. The molecule has 0 atom stereocenters. The fourth-order valence-corrected chi connectivity index (χ4v) is 3.60. The van der Waals surface area contributed by atoms with Crippen molar-refractivity contribution in [2.24, 2.45) is 5.10 Å². The van der Waals surface area contributed by atoms with E-state index in [0.29, 0.717) is 22.6 Å². The van der Waals surface area contributed by atoms with Crippen LogP contribution >= 0.6 is 0 Å². The fraction of sp³-hybridized carbons (Fsp3) is 0.0667. The molecule has 2 N–H and O–H groups in total. The van der Waals surface area contributed by atoms with E-state index in [-0.39, 0.29) is 22.6 Å². The number of carbonyl (C=O) groups is 3. The quantitative estimate of drug-likeness (QED) is 0.0959. The third-order valence-corrected chi connectivity index (χ3v) is 5.78. The van der Waals surface area contributed by atoms with Gasteiger partial charge in [-0.1, -0.05) is 23.8 Å². The van der Waals surface area contributed by atoms with Gasteiger partial charge in [0.2, 0.25) is 0 Å². The summed E-state index contributed by atoms with van der Waals surface area (Å²) < 4.78 is 10.8. The van der Waals surface area contributed by atoms with Crippen molar-refractivity contribution in [3.05, 3.63) is 129 Å². The molecule has 0 spiro atoms. The summed E-state index contributed by atoms with van der Waals surface area (Å²) in [6.07, 6.45) is 1.40. The molecule has 2 amide bonds. The number of rotatable bonds is 9. The van der Waals surface area contributed by atoms with Crippen molar-refractivity contribution in [1.82, 2.24) is 5.43 Å². The first-order valence-corrected chi connectivity index (χ1v) is 12.2. The normalized spacial score (nSPS) is 10.6. The molecule has 0 heterocycles. The number of hydrogen-bond donors (Lipinski definition) is 2. The summed E-state index contributed by atoms with van der Waals surface area (Å²) in [6, 6.07) is 23.1. The number of nitrogens with one attached hydrogen (secondary N) is 2. The minimum atomic E-state index is -0.553. The molecule has 4 rings (SSSR count). The van der Waals surface area contributed by atoms with Crippen LogP contribution in [-0.2, 0) is 0 Å². The number of hydrogen-bond acceptors (Lipinski definition) is 8. The third-order valence-electron chi connectivity index (χ3n) is 5.78. The second-order valence-electron chi connectivity index (χ2n) is 8.70.